The summed E-state index contributed by atoms with van der Waals surface area (Å²) in [7, 11) is -2.06. The monoisotopic (exact) mass is 404 g/mol. The van der Waals surface area contributed by atoms with Gasteiger partial charge in [-0.1, -0.05) is 42.5 Å². The van der Waals surface area contributed by atoms with Gasteiger partial charge in [0.25, 0.3) is 10.0 Å². The van der Waals surface area contributed by atoms with Crippen LogP contribution in [-0.2, 0) is 16.6 Å². The molecule has 0 spiro atoms. The molecule has 6 heteroatoms. The quantitative estimate of drug-likeness (QED) is 0.470. The number of sulfonamides is 1. The molecule has 0 atom stereocenters. The summed E-state index contributed by atoms with van der Waals surface area (Å²) >= 11 is 0. The number of rotatable bonds is 6. The van der Waals surface area contributed by atoms with Crippen LogP contribution in [0.25, 0.3) is 10.9 Å². The Kier molecular flexibility index (Phi) is 5.18. The summed E-state index contributed by atoms with van der Waals surface area (Å²) in [6.45, 7) is 0.381. The van der Waals surface area contributed by atoms with Gasteiger partial charge in [-0.05, 0) is 42.5 Å². The molecule has 0 radical (unpaired) electrons. The smallest absolute Gasteiger partial charge is 0.264 e. The number of benzene rings is 3. The van der Waals surface area contributed by atoms with Crippen LogP contribution in [0.5, 0.6) is 5.75 Å². The molecule has 146 valence electrons. The van der Waals surface area contributed by atoms with Gasteiger partial charge in [-0.15, -0.1) is 0 Å². The Bertz CT molecular complexity index is 1220. The van der Waals surface area contributed by atoms with Crippen molar-refractivity contribution in [1.82, 2.24) is 4.98 Å². The third kappa shape index (κ3) is 3.93. The summed E-state index contributed by atoms with van der Waals surface area (Å²) in [5, 5.41) is 1.07. The van der Waals surface area contributed by atoms with Crippen molar-refractivity contribution in [3.8, 4) is 5.75 Å². The summed E-state index contributed by atoms with van der Waals surface area (Å²) < 4.78 is 32.6. The van der Waals surface area contributed by atoms with Crippen molar-refractivity contribution in [2.24, 2.45) is 0 Å². The van der Waals surface area contributed by atoms with Crippen molar-refractivity contribution in [1.29, 1.82) is 0 Å². The summed E-state index contributed by atoms with van der Waals surface area (Å²) in [6, 6.07) is 25.3. The van der Waals surface area contributed by atoms with Crippen LogP contribution >= 0.6 is 0 Å². The zero-order valence-electron chi connectivity index (χ0n) is 15.9. The summed E-state index contributed by atoms with van der Waals surface area (Å²) in [4.78, 5) is 4.69. The molecule has 5 nitrogen and oxygen atoms in total. The number of anilines is 1. The lowest BCUT2D eigenvalue weighted by molar-refractivity contribution is 0.307. The Balaban J connectivity index is 1.49. The van der Waals surface area contributed by atoms with E-state index in [0.29, 0.717) is 18.0 Å². The van der Waals surface area contributed by atoms with Crippen LogP contribution in [0.2, 0.25) is 0 Å². The highest BCUT2D eigenvalue weighted by molar-refractivity contribution is 7.92. The van der Waals surface area contributed by atoms with E-state index in [1.54, 1.807) is 67.8 Å². The fraction of sp³-hybridized carbons (Fsp3) is 0.0870. The molecule has 1 aromatic heterocycles. The van der Waals surface area contributed by atoms with E-state index >= 15 is 0 Å². The molecule has 0 aliphatic rings. The fourth-order valence-corrected chi connectivity index (χ4v) is 4.30. The molecule has 0 N–H and O–H groups in total. The van der Waals surface area contributed by atoms with Gasteiger partial charge in [0, 0.05) is 24.2 Å². The zero-order valence-corrected chi connectivity index (χ0v) is 16.7. The average Bonchev–Trinajstić information content (AvgIpc) is 2.78. The molecular formula is C23H20N2O3S. The summed E-state index contributed by atoms with van der Waals surface area (Å²) in [5.74, 6) is 0.659. The molecule has 1 heterocycles. The molecule has 0 aliphatic carbocycles. The SMILES string of the molecule is CN(c1ccc(OCc2cccc3cccnc23)cc1)S(=O)(=O)c1ccccc1. The van der Waals surface area contributed by atoms with Crippen molar-refractivity contribution in [3.63, 3.8) is 0 Å². The minimum Gasteiger partial charge on any atom is -0.489 e. The van der Waals surface area contributed by atoms with E-state index in [9.17, 15) is 8.42 Å². The maximum atomic E-state index is 12.7. The number of hydrogen-bond donors (Lipinski definition) is 0. The molecule has 0 saturated heterocycles. The molecule has 0 aliphatic heterocycles. The van der Waals surface area contributed by atoms with Gasteiger partial charge in [-0.2, -0.15) is 0 Å². The lowest BCUT2D eigenvalue weighted by atomic mass is 10.1. The maximum absolute atomic E-state index is 12.7. The van der Waals surface area contributed by atoms with Crippen molar-refractivity contribution in [2.45, 2.75) is 11.5 Å². The normalized spacial score (nSPS) is 11.3. The predicted molar refractivity (Wildman–Crippen MR) is 115 cm³/mol. The number of hydrogen-bond acceptors (Lipinski definition) is 4. The van der Waals surface area contributed by atoms with Crippen molar-refractivity contribution >= 4 is 26.6 Å². The van der Waals surface area contributed by atoms with E-state index in [0.717, 1.165) is 16.5 Å². The highest BCUT2D eigenvalue weighted by Crippen LogP contribution is 2.25. The number of ether oxygens (including phenoxy) is 1. The fourth-order valence-electron chi connectivity index (χ4n) is 3.09. The first kappa shape index (κ1) is 19.0. The maximum Gasteiger partial charge on any atom is 0.264 e. The van der Waals surface area contributed by atoms with Crippen molar-refractivity contribution in [2.75, 3.05) is 11.4 Å². The molecule has 4 rings (SSSR count). The first-order valence-electron chi connectivity index (χ1n) is 9.15. The number of aromatic nitrogens is 1. The second-order valence-corrected chi connectivity index (χ2v) is 8.53. The topological polar surface area (TPSA) is 59.5 Å². The third-order valence-electron chi connectivity index (χ3n) is 4.71. The van der Waals surface area contributed by atoms with Crippen LogP contribution in [0.4, 0.5) is 5.69 Å². The zero-order chi connectivity index (χ0) is 20.3. The molecule has 0 unspecified atom stereocenters. The largest absolute Gasteiger partial charge is 0.489 e. The van der Waals surface area contributed by atoms with Crippen molar-refractivity contribution < 1.29 is 13.2 Å². The van der Waals surface area contributed by atoms with E-state index in [2.05, 4.69) is 4.98 Å². The van der Waals surface area contributed by atoms with Gasteiger partial charge in [0.2, 0.25) is 0 Å². The Morgan fingerprint density at radius 3 is 2.34 bits per heavy atom. The molecule has 0 saturated carbocycles. The Labute approximate surface area is 170 Å². The Morgan fingerprint density at radius 1 is 0.862 bits per heavy atom. The number of para-hydroxylation sites is 1. The molecule has 0 bridgehead atoms. The van der Waals surface area contributed by atoms with Crippen LogP contribution in [0, 0.1) is 0 Å². The first-order valence-corrected chi connectivity index (χ1v) is 10.6. The van der Waals surface area contributed by atoms with Gasteiger partial charge in [-0.3, -0.25) is 9.29 Å². The van der Waals surface area contributed by atoms with Gasteiger partial charge in [0.15, 0.2) is 0 Å². The molecule has 4 aromatic rings. The van der Waals surface area contributed by atoms with E-state index in [1.165, 1.54) is 4.31 Å². The van der Waals surface area contributed by atoms with Gasteiger partial charge in [-0.25, -0.2) is 8.42 Å². The van der Waals surface area contributed by atoms with E-state index in [1.807, 2.05) is 30.3 Å². The Morgan fingerprint density at radius 2 is 1.59 bits per heavy atom. The predicted octanol–water partition coefficient (Wildman–Crippen LogP) is 4.64. The van der Waals surface area contributed by atoms with E-state index in [4.69, 9.17) is 4.74 Å². The lowest BCUT2D eigenvalue weighted by Gasteiger charge is -2.20. The third-order valence-corrected chi connectivity index (χ3v) is 6.51. The Hall–Kier alpha value is -3.38. The number of fused-ring (bicyclic) bond motifs is 1. The van der Waals surface area contributed by atoms with Gasteiger partial charge in [0.1, 0.15) is 12.4 Å². The van der Waals surface area contributed by atoms with Crippen LogP contribution in [0.15, 0.2) is 96.0 Å². The minimum atomic E-state index is -3.60. The minimum absolute atomic E-state index is 0.256. The highest BCUT2D eigenvalue weighted by atomic mass is 32.2. The highest BCUT2D eigenvalue weighted by Gasteiger charge is 2.20. The average molecular weight is 404 g/mol. The molecule has 3 aromatic carbocycles. The van der Waals surface area contributed by atoms with Gasteiger partial charge >= 0.3 is 0 Å². The summed E-state index contributed by atoms with van der Waals surface area (Å²) in [5.41, 5.74) is 2.48. The molecular weight excluding hydrogens is 384 g/mol. The van der Waals surface area contributed by atoms with Crippen LogP contribution in [0.1, 0.15) is 5.56 Å². The summed E-state index contributed by atoms with van der Waals surface area (Å²) in [6.07, 6.45) is 1.77. The molecule has 29 heavy (non-hydrogen) atoms. The molecule has 0 fully saturated rings. The van der Waals surface area contributed by atoms with Crippen LogP contribution in [0.3, 0.4) is 0 Å². The van der Waals surface area contributed by atoms with E-state index < -0.39 is 10.0 Å². The van der Waals surface area contributed by atoms with Gasteiger partial charge < -0.3 is 4.74 Å². The first-order chi connectivity index (χ1) is 14.1. The van der Waals surface area contributed by atoms with Gasteiger partial charge in [0.05, 0.1) is 16.1 Å². The van der Waals surface area contributed by atoms with Crippen LogP contribution in [-0.4, -0.2) is 20.4 Å². The second kappa shape index (κ2) is 7.93. The lowest BCUT2D eigenvalue weighted by Crippen LogP contribution is -2.26. The number of nitrogens with zero attached hydrogens (tertiary/aromatic N) is 2. The standard InChI is InChI=1S/C23H20N2O3S/c1-25(29(26,27)22-10-3-2-4-11-22)20-12-14-21(15-13-20)28-17-19-8-5-7-18-9-6-16-24-23(18)19/h2-16H,17H2,1H3. The van der Waals surface area contributed by atoms with Crippen molar-refractivity contribution in [3.05, 3.63) is 96.7 Å². The van der Waals surface area contributed by atoms with E-state index in [-0.39, 0.29) is 4.90 Å². The van der Waals surface area contributed by atoms with Crippen LogP contribution < -0.4 is 9.04 Å². The second-order valence-electron chi connectivity index (χ2n) is 6.56. The number of pyridine rings is 1. The molecule has 0 amide bonds.